The van der Waals surface area contributed by atoms with E-state index in [2.05, 4.69) is 41.1 Å². The number of carbonyl (C=O) groups is 1. The molecule has 0 bridgehead atoms. The van der Waals surface area contributed by atoms with Crippen LogP contribution in [0, 0.1) is 0 Å². The Labute approximate surface area is 280 Å². The number of likely N-dealkylation sites (N-methyl/N-ethyl adjacent to an activating group) is 1. The first kappa shape index (κ1) is 34.5. The second-order valence-electron chi connectivity index (χ2n) is 12.1. The Morgan fingerprint density at radius 3 is 2.15 bits per heavy atom. The Hall–Kier alpha value is -3.85. The molecular weight excluding hydrogens is 623 g/mol. The highest BCUT2D eigenvalue weighted by atomic mass is 35.5. The molecule has 0 aliphatic carbocycles. The number of ether oxygens (including phenoxy) is 1. The van der Waals surface area contributed by atoms with Crippen LogP contribution in [0.4, 0.5) is 13.2 Å². The minimum Gasteiger partial charge on any atom is -0.494 e. The van der Waals surface area contributed by atoms with Crippen molar-refractivity contribution >= 4 is 17.5 Å². The van der Waals surface area contributed by atoms with Crippen molar-refractivity contribution < 1.29 is 22.7 Å². The third-order valence-corrected chi connectivity index (χ3v) is 9.07. The van der Waals surface area contributed by atoms with E-state index in [0.717, 1.165) is 48.9 Å². The summed E-state index contributed by atoms with van der Waals surface area (Å²) in [6.07, 6.45) is -3.57. The fraction of sp³-hybridized carbons (Fsp3) is 0.342. The monoisotopic (exact) mass is 663 g/mol. The molecule has 0 radical (unpaired) electrons. The number of hydrogen-bond donors (Lipinski definition) is 0. The van der Waals surface area contributed by atoms with Crippen LogP contribution in [-0.4, -0.2) is 73.5 Å². The lowest BCUT2D eigenvalue weighted by Crippen LogP contribution is -2.47. The Morgan fingerprint density at radius 2 is 1.51 bits per heavy atom. The minimum absolute atomic E-state index is 0.00239. The summed E-state index contributed by atoms with van der Waals surface area (Å²) in [7, 11) is 2.06. The van der Waals surface area contributed by atoms with Crippen molar-refractivity contribution in [1.82, 2.24) is 14.7 Å². The van der Waals surface area contributed by atoms with Crippen LogP contribution in [-0.2, 0) is 23.9 Å². The van der Waals surface area contributed by atoms with Crippen LogP contribution in [0.15, 0.2) is 103 Å². The number of rotatable bonds is 13. The maximum absolute atomic E-state index is 13.7. The highest BCUT2D eigenvalue weighted by Gasteiger charge is 2.34. The number of benzene rings is 4. The van der Waals surface area contributed by atoms with Gasteiger partial charge in [-0.25, -0.2) is 0 Å². The number of alkyl halides is 3. The van der Waals surface area contributed by atoms with Gasteiger partial charge in [-0.1, -0.05) is 96.5 Å². The average Bonchev–Trinajstić information content (AvgIpc) is 3.07. The van der Waals surface area contributed by atoms with E-state index in [0.29, 0.717) is 43.9 Å². The molecule has 0 saturated carbocycles. The number of halogens is 4. The second-order valence-corrected chi connectivity index (χ2v) is 12.5. The van der Waals surface area contributed by atoms with Crippen molar-refractivity contribution in [2.24, 2.45) is 0 Å². The van der Waals surface area contributed by atoms with E-state index in [9.17, 15) is 18.0 Å². The van der Waals surface area contributed by atoms with E-state index in [1.807, 2.05) is 65.6 Å². The molecule has 1 amide bonds. The first-order chi connectivity index (χ1) is 22.7. The summed E-state index contributed by atoms with van der Waals surface area (Å²) >= 11 is 6.36. The van der Waals surface area contributed by atoms with Gasteiger partial charge >= 0.3 is 6.18 Å². The molecule has 248 valence electrons. The molecule has 0 spiro atoms. The molecule has 1 heterocycles. The molecule has 4 aromatic rings. The van der Waals surface area contributed by atoms with Crippen molar-refractivity contribution in [2.45, 2.75) is 31.5 Å². The van der Waals surface area contributed by atoms with Crippen LogP contribution in [0.2, 0.25) is 5.02 Å². The van der Waals surface area contributed by atoms with Gasteiger partial charge in [0.1, 0.15) is 5.75 Å². The zero-order valence-electron chi connectivity index (χ0n) is 26.6. The molecule has 5 nitrogen and oxygen atoms in total. The van der Waals surface area contributed by atoms with E-state index in [4.69, 9.17) is 16.3 Å². The molecule has 0 aromatic heterocycles. The number of carbonyl (C=O) groups excluding carboxylic acids is 1. The van der Waals surface area contributed by atoms with Crippen molar-refractivity contribution in [3.05, 3.63) is 136 Å². The topological polar surface area (TPSA) is 36.0 Å². The summed E-state index contributed by atoms with van der Waals surface area (Å²) < 4.78 is 47.2. The highest BCUT2D eigenvalue weighted by molar-refractivity contribution is 6.32. The maximum atomic E-state index is 13.7. The van der Waals surface area contributed by atoms with Gasteiger partial charge in [0.05, 0.1) is 23.6 Å². The molecule has 0 atom stereocenters. The van der Waals surface area contributed by atoms with Gasteiger partial charge in [-0.2, -0.15) is 13.2 Å². The van der Waals surface area contributed by atoms with E-state index in [-0.39, 0.29) is 23.4 Å². The van der Waals surface area contributed by atoms with Gasteiger partial charge < -0.3 is 14.5 Å². The lowest BCUT2D eigenvalue weighted by Gasteiger charge is -2.32. The van der Waals surface area contributed by atoms with Gasteiger partial charge in [0.2, 0.25) is 5.91 Å². The standard InChI is InChI=1S/C38H41ClF3N3O2/c1-43-20-22-45(23-21-43)36(46)26-29-11-8-17-33(25-29)47-24-10-19-44(27-32-16-9-18-35(37(32)39)38(40,41)42)28-34(30-12-4-2-5-13-30)31-14-6-3-7-15-31/h2-9,11-18,25,34H,10,19-24,26-28H2,1H3. The van der Waals surface area contributed by atoms with Gasteiger partial charge in [0, 0.05) is 51.7 Å². The van der Waals surface area contributed by atoms with Crippen molar-refractivity contribution in [2.75, 3.05) is 52.9 Å². The summed E-state index contributed by atoms with van der Waals surface area (Å²) in [6.45, 7) is 5.04. The Morgan fingerprint density at radius 1 is 0.872 bits per heavy atom. The van der Waals surface area contributed by atoms with Crippen LogP contribution in [0.3, 0.4) is 0 Å². The van der Waals surface area contributed by atoms with Gasteiger partial charge in [-0.15, -0.1) is 0 Å². The number of amides is 1. The zero-order valence-corrected chi connectivity index (χ0v) is 27.4. The predicted molar refractivity (Wildman–Crippen MR) is 181 cm³/mol. The van der Waals surface area contributed by atoms with E-state index in [1.54, 1.807) is 6.07 Å². The first-order valence-electron chi connectivity index (χ1n) is 16.0. The molecule has 0 unspecified atom stereocenters. The normalized spacial score (nSPS) is 14.1. The van der Waals surface area contributed by atoms with Gasteiger partial charge in [-0.3, -0.25) is 9.69 Å². The third-order valence-electron chi connectivity index (χ3n) is 8.62. The highest BCUT2D eigenvalue weighted by Crippen LogP contribution is 2.37. The Kier molecular flexibility index (Phi) is 12.0. The van der Waals surface area contributed by atoms with Crippen molar-refractivity contribution in [1.29, 1.82) is 0 Å². The lowest BCUT2D eigenvalue weighted by molar-refractivity contribution is -0.137. The molecule has 1 fully saturated rings. The van der Waals surface area contributed by atoms with Crippen LogP contribution in [0.5, 0.6) is 5.75 Å². The summed E-state index contributed by atoms with van der Waals surface area (Å²) in [5, 5.41) is -0.264. The smallest absolute Gasteiger partial charge is 0.417 e. The van der Waals surface area contributed by atoms with E-state index in [1.165, 1.54) is 6.07 Å². The summed E-state index contributed by atoms with van der Waals surface area (Å²) in [5.41, 5.74) is 2.76. The first-order valence-corrected chi connectivity index (χ1v) is 16.4. The summed E-state index contributed by atoms with van der Waals surface area (Å²) in [6, 6.07) is 32.0. The van der Waals surface area contributed by atoms with Crippen LogP contribution in [0.25, 0.3) is 0 Å². The van der Waals surface area contributed by atoms with E-state index < -0.39 is 11.7 Å². The van der Waals surface area contributed by atoms with Gasteiger partial charge in [0.15, 0.2) is 0 Å². The number of nitrogens with zero attached hydrogens (tertiary/aromatic N) is 3. The van der Waals surface area contributed by atoms with Crippen molar-refractivity contribution in [3.8, 4) is 5.75 Å². The predicted octanol–water partition coefficient (Wildman–Crippen LogP) is 7.78. The van der Waals surface area contributed by atoms with Gasteiger partial charge in [-0.05, 0) is 53.9 Å². The molecule has 1 aliphatic heterocycles. The lowest BCUT2D eigenvalue weighted by atomic mass is 9.90. The zero-order chi connectivity index (χ0) is 33.2. The molecule has 9 heteroatoms. The number of piperazine rings is 1. The Bertz CT molecular complexity index is 1540. The maximum Gasteiger partial charge on any atom is 0.417 e. The number of hydrogen-bond acceptors (Lipinski definition) is 4. The SMILES string of the molecule is CN1CCN(C(=O)Cc2cccc(OCCCN(Cc3cccc(C(F)(F)F)c3Cl)CC(c3ccccc3)c3ccccc3)c2)CC1. The van der Waals surface area contributed by atoms with Gasteiger partial charge in [0.25, 0.3) is 0 Å². The van der Waals surface area contributed by atoms with Crippen LogP contribution < -0.4 is 4.74 Å². The van der Waals surface area contributed by atoms with Crippen LogP contribution >= 0.6 is 11.6 Å². The molecule has 1 aliphatic rings. The molecular formula is C38H41ClF3N3O2. The summed E-state index contributed by atoms with van der Waals surface area (Å²) in [5.74, 6) is 0.801. The fourth-order valence-corrected chi connectivity index (χ4v) is 6.29. The van der Waals surface area contributed by atoms with Crippen LogP contribution in [0.1, 0.15) is 40.2 Å². The average molecular weight is 664 g/mol. The quantitative estimate of drug-likeness (QED) is 0.137. The molecule has 1 saturated heterocycles. The second kappa shape index (κ2) is 16.3. The third kappa shape index (κ3) is 9.83. The molecule has 0 N–H and O–H groups in total. The summed E-state index contributed by atoms with van der Waals surface area (Å²) in [4.78, 5) is 19.1. The van der Waals surface area contributed by atoms with E-state index >= 15 is 0 Å². The fourth-order valence-electron chi connectivity index (χ4n) is 5.99. The molecule has 5 rings (SSSR count). The Balaban J connectivity index is 1.27. The molecule has 4 aromatic carbocycles. The molecule has 47 heavy (non-hydrogen) atoms. The largest absolute Gasteiger partial charge is 0.494 e. The van der Waals surface area contributed by atoms with Crippen molar-refractivity contribution in [3.63, 3.8) is 0 Å². The minimum atomic E-state index is -4.54.